The lowest BCUT2D eigenvalue weighted by atomic mass is 9.96. The van der Waals surface area contributed by atoms with Crippen LogP contribution in [0.2, 0.25) is 0 Å². The quantitative estimate of drug-likeness (QED) is 0.620. The highest BCUT2D eigenvalue weighted by Gasteiger charge is 2.30. The van der Waals surface area contributed by atoms with Crippen LogP contribution >= 0.6 is 11.3 Å². The summed E-state index contributed by atoms with van der Waals surface area (Å²) >= 11 is 1.68. The predicted molar refractivity (Wildman–Crippen MR) is 124 cm³/mol. The number of aryl methyl sites for hydroxylation is 1. The van der Waals surface area contributed by atoms with Crippen LogP contribution in [0, 0.1) is 12.8 Å². The van der Waals surface area contributed by atoms with Gasteiger partial charge in [0, 0.05) is 36.3 Å². The Morgan fingerprint density at radius 3 is 2.48 bits per heavy atom. The molecule has 7 heteroatoms. The van der Waals surface area contributed by atoms with Gasteiger partial charge in [0.1, 0.15) is 5.01 Å². The molecule has 0 spiro atoms. The van der Waals surface area contributed by atoms with Crippen molar-refractivity contribution in [1.82, 2.24) is 15.2 Å². The Balaban J connectivity index is 1.17. The van der Waals surface area contributed by atoms with E-state index in [0.29, 0.717) is 32.0 Å². The van der Waals surface area contributed by atoms with E-state index in [4.69, 9.17) is 4.98 Å². The van der Waals surface area contributed by atoms with Gasteiger partial charge in [-0.05, 0) is 74.6 Å². The fourth-order valence-electron chi connectivity index (χ4n) is 3.93. The van der Waals surface area contributed by atoms with Gasteiger partial charge >= 0.3 is 6.03 Å². The van der Waals surface area contributed by atoms with Crippen LogP contribution in [-0.4, -0.2) is 41.0 Å². The van der Waals surface area contributed by atoms with E-state index in [2.05, 4.69) is 35.8 Å². The van der Waals surface area contributed by atoms with Gasteiger partial charge in [0.05, 0.1) is 10.2 Å². The van der Waals surface area contributed by atoms with Gasteiger partial charge in [-0.15, -0.1) is 11.3 Å². The second kappa shape index (κ2) is 8.30. The molecule has 1 aliphatic carbocycles. The molecular weight excluding hydrogens is 408 g/mol. The van der Waals surface area contributed by atoms with E-state index in [9.17, 15) is 9.59 Å². The van der Waals surface area contributed by atoms with Gasteiger partial charge in [-0.25, -0.2) is 9.78 Å². The van der Waals surface area contributed by atoms with Crippen molar-refractivity contribution >= 4 is 39.2 Å². The summed E-state index contributed by atoms with van der Waals surface area (Å²) in [6.45, 7) is 3.35. The van der Waals surface area contributed by atoms with Gasteiger partial charge < -0.3 is 15.5 Å². The monoisotopic (exact) mass is 434 g/mol. The molecule has 0 radical (unpaired) electrons. The molecule has 5 rings (SSSR count). The highest BCUT2D eigenvalue weighted by Crippen LogP contribution is 2.31. The SMILES string of the molecule is Cc1ccc2nc(-c3ccc(NC(=O)C4CCN(C(=O)NC5CC5)CC4)cc3)sc2c1. The number of piperidine rings is 1. The number of hydrogen-bond acceptors (Lipinski definition) is 4. The number of amides is 3. The van der Waals surface area contributed by atoms with Crippen molar-refractivity contribution in [2.75, 3.05) is 18.4 Å². The van der Waals surface area contributed by atoms with E-state index in [1.807, 2.05) is 29.2 Å². The van der Waals surface area contributed by atoms with Crippen molar-refractivity contribution in [2.24, 2.45) is 5.92 Å². The van der Waals surface area contributed by atoms with Crippen molar-refractivity contribution < 1.29 is 9.59 Å². The van der Waals surface area contributed by atoms with Crippen molar-refractivity contribution in [1.29, 1.82) is 0 Å². The molecule has 1 aromatic heterocycles. The van der Waals surface area contributed by atoms with E-state index in [1.54, 1.807) is 11.3 Å². The molecule has 160 valence electrons. The Bertz CT molecular complexity index is 1110. The summed E-state index contributed by atoms with van der Waals surface area (Å²) in [6, 6.07) is 14.5. The van der Waals surface area contributed by atoms with Gasteiger partial charge in [0.15, 0.2) is 0 Å². The first-order valence-corrected chi connectivity index (χ1v) is 11.7. The van der Waals surface area contributed by atoms with Crippen molar-refractivity contribution in [3.63, 3.8) is 0 Å². The summed E-state index contributed by atoms with van der Waals surface area (Å²) in [5.41, 5.74) is 4.08. The molecule has 0 unspecified atom stereocenters. The number of aromatic nitrogens is 1. The second-order valence-corrected chi connectivity index (χ2v) is 9.57. The van der Waals surface area contributed by atoms with Crippen LogP contribution in [0.5, 0.6) is 0 Å². The number of rotatable bonds is 4. The Kier molecular flexibility index (Phi) is 5.36. The lowest BCUT2D eigenvalue weighted by molar-refractivity contribution is -0.121. The molecule has 1 saturated heterocycles. The maximum atomic E-state index is 12.7. The van der Waals surface area contributed by atoms with Crippen LogP contribution in [0.15, 0.2) is 42.5 Å². The zero-order chi connectivity index (χ0) is 21.4. The van der Waals surface area contributed by atoms with Crippen LogP contribution < -0.4 is 10.6 Å². The fourth-order valence-corrected chi connectivity index (χ4v) is 5.00. The van der Waals surface area contributed by atoms with Gasteiger partial charge in [0.2, 0.25) is 5.91 Å². The zero-order valence-corrected chi connectivity index (χ0v) is 18.4. The number of thiazole rings is 1. The molecule has 31 heavy (non-hydrogen) atoms. The lowest BCUT2D eigenvalue weighted by Crippen LogP contribution is -2.46. The van der Waals surface area contributed by atoms with Crippen molar-refractivity contribution in [3.8, 4) is 10.6 Å². The Hall–Kier alpha value is -2.93. The maximum Gasteiger partial charge on any atom is 0.317 e. The fraction of sp³-hybridized carbons (Fsp3) is 0.375. The van der Waals surface area contributed by atoms with Gasteiger partial charge in [0.25, 0.3) is 0 Å². The number of carbonyl (C=O) groups is 2. The molecule has 0 bridgehead atoms. The minimum absolute atomic E-state index is 0.0157. The van der Waals surface area contributed by atoms with E-state index < -0.39 is 0 Å². The largest absolute Gasteiger partial charge is 0.335 e. The number of nitrogens with one attached hydrogen (secondary N) is 2. The number of hydrogen-bond donors (Lipinski definition) is 2. The molecule has 2 aromatic carbocycles. The summed E-state index contributed by atoms with van der Waals surface area (Å²) in [7, 11) is 0. The van der Waals surface area contributed by atoms with Gasteiger partial charge in [-0.3, -0.25) is 4.79 Å². The van der Waals surface area contributed by atoms with E-state index in [-0.39, 0.29) is 17.9 Å². The molecule has 3 aromatic rings. The molecule has 1 aliphatic heterocycles. The second-order valence-electron chi connectivity index (χ2n) is 8.54. The smallest absolute Gasteiger partial charge is 0.317 e. The normalized spacial score (nSPS) is 17.0. The first kappa shape index (κ1) is 20.0. The van der Waals surface area contributed by atoms with Crippen LogP contribution in [0.3, 0.4) is 0 Å². The van der Waals surface area contributed by atoms with Crippen LogP contribution in [0.25, 0.3) is 20.8 Å². The predicted octanol–water partition coefficient (Wildman–Crippen LogP) is 4.79. The van der Waals surface area contributed by atoms with Crippen molar-refractivity contribution in [2.45, 2.75) is 38.6 Å². The maximum absolute atomic E-state index is 12.7. The first-order valence-electron chi connectivity index (χ1n) is 10.9. The molecule has 6 nitrogen and oxygen atoms in total. The molecule has 3 amide bonds. The minimum Gasteiger partial charge on any atom is -0.335 e. The average molecular weight is 435 g/mol. The molecule has 2 fully saturated rings. The average Bonchev–Trinajstić information content (AvgIpc) is 3.50. The van der Waals surface area contributed by atoms with Crippen LogP contribution in [-0.2, 0) is 4.79 Å². The zero-order valence-electron chi connectivity index (χ0n) is 17.6. The number of nitrogens with zero attached hydrogens (tertiary/aromatic N) is 2. The minimum atomic E-state index is -0.0582. The lowest BCUT2D eigenvalue weighted by Gasteiger charge is -2.31. The van der Waals surface area contributed by atoms with Crippen molar-refractivity contribution in [3.05, 3.63) is 48.0 Å². The Labute approximate surface area is 185 Å². The summed E-state index contributed by atoms with van der Waals surface area (Å²) in [4.78, 5) is 31.4. The molecule has 2 aliphatic rings. The van der Waals surface area contributed by atoms with Crippen LogP contribution in [0.1, 0.15) is 31.2 Å². The van der Waals surface area contributed by atoms with Crippen LogP contribution in [0.4, 0.5) is 10.5 Å². The van der Waals surface area contributed by atoms with E-state index >= 15 is 0 Å². The summed E-state index contributed by atoms with van der Waals surface area (Å²) < 4.78 is 1.18. The first-order chi connectivity index (χ1) is 15.0. The Morgan fingerprint density at radius 1 is 1.03 bits per heavy atom. The van der Waals surface area contributed by atoms with E-state index in [1.165, 1.54) is 10.3 Å². The number of fused-ring (bicyclic) bond motifs is 1. The number of benzene rings is 2. The number of anilines is 1. The highest BCUT2D eigenvalue weighted by atomic mass is 32.1. The molecule has 0 atom stereocenters. The number of carbonyl (C=O) groups excluding carboxylic acids is 2. The van der Waals surface area contributed by atoms with Gasteiger partial charge in [-0.1, -0.05) is 6.07 Å². The number of likely N-dealkylation sites (tertiary alicyclic amines) is 1. The molecule has 2 heterocycles. The highest BCUT2D eigenvalue weighted by molar-refractivity contribution is 7.21. The number of urea groups is 1. The summed E-state index contributed by atoms with van der Waals surface area (Å²) in [5, 5.41) is 7.04. The topological polar surface area (TPSA) is 74.3 Å². The third-order valence-corrected chi connectivity index (χ3v) is 7.07. The van der Waals surface area contributed by atoms with Gasteiger partial charge in [-0.2, -0.15) is 0 Å². The molecule has 2 N–H and O–H groups in total. The third kappa shape index (κ3) is 4.56. The standard InChI is InChI=1S/C24H26N4O2S/c1-15-2-9-20-21(14-15)31-23(27-20)17-3-5-18(6-4-17)25-22(29)16-10-12-28(13-11-16)24(30)26-19-7-8-19/h2-6,9,14,16,19H,7-8,10-13H2,1H3,(H,25,29)(H,26,30). The molecular formula is C24H26N4O2S. The third-order valence-electron chi connectivity index (χ3n) is 6.00. The molecule has 1 saturated carbocycles. The van der Waals surface area contributed by atoms with E-state index in [0.717, 1.165) is 34.6 Å². The Morgan fingerprint density at radius 2 is 1.77 bits per heavy atom. The summed E-state index contributed by atoms with van der Waals surface area (Å²) in [5.74, 6) is -0.0254. The summed E-state index contributed by atoms with van der Waals surface area (Å²) in [6.07, 6.45) is 3.57.